The third-order valence-electron chi connectivity index (χ3n) is 4.89. The smallest absolute Gasteiger partial charge is 0.326 e. The summed E-state index contributed by atoms with van der Waals surface area (Å²) in [6.45, 7) is 3.84. The molecule has 0 aliphatic heterocycles. The van der Waals surface area contributed by atoms with Gasteiger partial charge in [0, 0.05) is 22.9 Å². The van der Waals surface area contributed by atoms with E-state index in [1.54, 1.807) is 44.4 Å². The Morgan fingerprint density at radius 1 is 1.28 bits per heavy atom. The number of carboxylic acids is 1. The number of carboxylic acid groups (broad SMARTS) is 1. The lowest BCUT2D eigenvalue weighted by Crippen LogP contribution is -2.41. The molecule has 168 valence electrons. The summed E-state index contributed by atoms with van der Waals surface area (Å²) in [5.41, 5.74) is 3.13. The van der Waals surface area contributed by atoms with Crippen LogP contribution in [0.4, 0.5) is 0 Å². The van der Waals surface area contributed by atoms with Gasteiger partial charge in [-0.05, 0) is 62.1 Å². The monoisotopic (exact) mass is 455 g/mol. The molecule has 32 heavy (non-hydrogen) atoms. The van der Waals surface area contributed by atoms with Gasteiger partial charge in [0.05, 0.1) is 11.9 Å². The average Bonchev–Trinajstić information content (AvgIpc) is 3.13. The maximum atomic E-state index is 13.1. The molecule has 8 nitrogen and oxygen atoms in total. The Bertz CT molecular complexity index is 1060. The van der Waals surface area contributed by atoms with E-state index in [1.165, 1.54) is 11.8 Å². The fraction of sp³-hybridized carbons (Fsp3) is 0.304. The summed E-state index contributed by atoms with van der Waals surface area (Å²) >= 11 is 1.53. The van der Waals surface area contributed by atoms with Crippen LogP contribution in [0.5, 0.6) is 5.75 Å². The summed E-state index contributed by atoms with van der Waals surface area (Å²) in [6.07, 6.45) is 5.51. The van der Waals surface area contributed by atoms with Crippen molar-refractivity contribution in [2.45, 2.75) is 32.9 Å². The molecule has 2 N–H and O–H groups in total. The Kier molecular flexibility index (Phi) is 7.88. The number of ether oxygens (including phenoxy) is 1. The topological polar surface area (TPSA) is 115 Å². The molecule has 3 rings (SSSR count). The molecule has 3 aromatic rings. The largest absolute Gasteiger partial charge is 0.487 e. The molecule has 0 bridgehead atoms. The number of aliphatic carboxylic acids is 1. The van der Waals surface area contributed by atoms with E-state index in [4.69, 9.17) is 9.26 Å². The van der Waals surface area contributed by atoms with Crippen LogP contribution in [0.2, 0.25) is 0 Å². The van der Waals surface area contributed by atoms with Crippen LogP contribution in [0.25, 0.3) is 11.1 Å². The maximum absolute atomic E-state index is 13.1. The van der Waals surface area contributed by atoms with E-state index in [-0.39, 0.29) is 6.61 Å². The first-order valence-electron chi connectivity index (χ1n) is 10.0. The van der Waals surface area contributed by atoms with Gasteiger partial charge in [-0.15, -0.1) is 0 Å². The highest BCUT2D eigenvalue weighted by molar-refractivity contribution is 7.98. The van der Waals surface area contributed by atoms with Gasteiger partial charge in [0.2, 0.25) is 0 Å². The van der Waals surface area contributed by atoms with E-state index in [0.717, 1.165) is 5.56 Å². The zero-order chi connectivity index (χ0) is 23.1. The van der Waals surface area contributed by atoms with Gasteiger partial charge in [0.15, 0.2) is 0 Å². The number of aryl methyl sites for hydroxylation is 2. The highest BCUT2D eigenvalue weighted by Gasteiger charge is 2.24. The highest BCUT2D eigenvalue weighted by atomic mass is 32.2. The number of rotatable bonds is 10. The molecule has 2 aromatic heterocycles. The van der Waals surface area contributed by atoms with Gasteiger partial charge in [0.25, 0.3) is 5.91 Å². The second-order valence-electron chi connectivity index (χ2n) is 7.20. The van der Waals surface area contributed by atoms with Crippen LogP contribution < -0.4 is 10.1 Å². The normalized spacial score (nSPS) is 11.7. The number of hydrogen-bond acceptors (Lipinski definition) is 7. The fourth-order valence-corrected chi connectivity index (χ4v) is 3.75. The molecule has 1 amide bonds. The predicted octanol–water partition coefficient (Wildman–Crippen LogP) is 3.87. The predicted molar refractivity (Wildman–Crippen MR) is 122 cm³/mol. The Hall–Kier alpha value is -3.33. The van der Waals surface area contributed by atoms with Crippen molar-refractivity contribution in [2.75, 3.05) is 12.0 Å². The number of aromatic nitrogens is 2. The van der Waals surface area contributed by atoms with Gasteiger partial charge < -0.3 is 19.7 Å². The number of pyridine rings is 1. The van der Waals surface area contributed by atoms with Gasteiger partial charge >= 0.3 is 5.97 Å². The summed E-state index contributed by atoms with van der Waals surface area (Å²) in [5, 5.41) is 16.1. The zero-order valence-corrected chi connectivity index (χ0v) is 18.9. The number of carbonyl (C=O) groups excluding carboxylic acids is 1. The minimum Gasteiger partial charge on any atom is -0.487 e. The van der Waals surface area contributed by atoms with Crippen molar-refractivity contribution < 1.29 is 24.0 Å². The van der Waals surface area contributed by atoms with Gasteiger partial charge in [-0.2, -0.15) is 11.8 Å². The van der Waals surface area contributed by atoms with Gasteiger partial charge in [-0.1, -0.05) is 11.2 Å². The van der Waals surface area contributed by atoms with Crippen LogP contribution in [0.15, 0.2) is 47.2 Å². The minimum absolute atomic E-state index is 0.273. The lowest BCUT2D eigenvalue weighted by atomic mass is 9.95. The van der Waals surface area contributed by atoms with Gasteiger partial charge in [-0.25, -0.2) is 4.79 Å². The van der Waals surface area contributed by atoms with E-state index in [2.05, 4.69) is 15.5 Å². The van der Waals surface area contributed by atoms with E-state index in [9.17, 15) is 14.7 Å². The van der Waals surface area contributed by atoms with E-state index in [0.29, 0.717) is 46.1 Å². The number of benzene rings is 1. The van der Waals surface area contributed by atoms with Crippen LogP contribution in [-0.4, -0.2) is 45.2 Å². The molecule has 0 saturated carbocycles. The van der Waals surface area contributed by atoms with E-state index >= 15 is 0 Å². The van der Waals surface area contributed by atoms with Crippen molar-refractivity contribution in [1.29, 1.82) is 0 Å². The molecular weight excluding hydrogens is 430 g/mol. The molecule has 0 spiro atoms. The molecule has 1 atom stereocenters. The summed E-state index contributed by atoms with van der Waals surface area (Å²) in [5.74, 6) is 0.296. The Morgan fingerprint density at radius 2 is 2.09 bits per heavy atom. The second-order valence-corrected chi connectivity index (χ2v) is 8.19. The quantitative estimate of drug-likeness (QED) is 0.473. The molecule has 0 aliphatic carbocycles. The molecule has 1 aromatic carbocycles. The van der Waals surface area contributed by atoms with Crippen LogP contribution in [0, 0.1) is 13.8 Å². The van der Waals surface area contributed by atoms with Crippen molar-refractivity contribution in [2.24, 2.45) is 0 Å². The van der Waals surface area contributed by atoms with Crippen molar-refractivity contribution in [3.05, 3.63) is 65.3 Å². The number of thioether (sulfide) groups is 1. The standard InChI is InChI=1S/C23H25N3O5S/c1-14-21(15(2)31-26-14)19-11-16(13-30-17-5-4-9-24-12-17)6-7-18(19)22(27)25-20(23(28)29)8-10-32-3/h4-7,9,11-12,20H,8,10,13H2,1-3H3,(H,25,27)(H,28,29). The third kappa shape index (κ3) is 5.67. The molecule has 9 heteroatoms. The molecule has 0 aliphatic rings. The lowest BCUT2D eigenvalue weighted by Gasteiger charge is -2.17. The molecule has 0 fully saturated rings. The van der Waals surface area contributed by atoms with Crippen LogP contribution in [-0.2, 0) is 11.4 Å². The first kappa shape index (κ1) is 23.3. The van der Waals surface area contributed by atoms with E-state index < -0.39 is 17.9 Å². The van der Waals surface area contributed by atoms with Crippen molar-refractivity contribution >= 4 is 23.6 Å². The molecule has 1 unspecified atom stereocenters. The Labute approximate surface area is 190 Å². The van der Waals surface area contributed by atoms with Crippen molar-refractivity contribution in [3.8, 4) is 16.9 Å². The summed E-state index contributed by atoms with van der Waals surface area (Å²) in [4.78, 5) is 28.7. The van der Waals surface area contributed by atoms with E-state index in [1.807, 2.05) is 18.4 Å². The summed E-state index contributed by atoms with van der Waals surface area (Å²) < 4.78 is 11.1. The lowest BCUT2D eigenvalue weighted by molar-refractivity contribution is -0.139. The highest BCUT2D eigenvalue weighted by Crippen LogP contribution is 2.31. The van der Waals surface area contributed by atoms with Crippen LogP contribution in [0.3, 0.4) is 0 Å². The number of amides is 1. The zero-order valence-electron chi connectivity index (χ0n) is 18.1. The first-order valence-corrected chi connectivity index (χ1v) is 11.4. The third-order valence-corrected chi connectivity index (χ3v) is 5.53. The summed E-state index contributed by atoms with van der Waals surface area (Å²) in [7, 11) is 0. The molecule has 2 heterocycles. The van der Waals surface area contributed by atoms with Crippen LogP contribution in [0.1, 0.15) is 33.8 Å². The maximum Gasteiger partial charge on any atom is 0.326 e. The number of carbonyl (C=O) groups is 2. The molecule has 0 radical (unpaired) electrons. The van der Waals surface area contributed by atoms with Gasteiger partial charge in [0.1, 0.15) is 24.2 Å². The Morgan fingerprint density at radius 3 is 2.72 bits per heavy atom. The molecular formula is C23H25N3O5S. The minimum atomic E-state index is -1.06. The SMILES string of the molecule is CSCCC(NC(=O)c1ccc(COc2cccnc2)cc1-c1c(C)noc1C)C(=O)O. The number of hydrogen-bond donors (Lipinski definition) is 2. The first-order chi connectivity index (χ1) is 15.4. The average molecular weight is 456 g/mol. The van der Waals surface area contributed by atoms with Gasteiger partial charge in [-0.3, -0.25) is 9.78 Å². The van der Waals surface area contributed by atoms with Crippen molar-refractivity contribution in [3.63, 3.8) is 0 Å². The molecule has 0 saturated heterocycles. The van der Waals surface area contributed by atoms with Crippen molar-refractivity contribution in [1.82, 2.24) is 15.5 Å². The van der Waals surface area contributed by atoms with Crippen LogP contribution >= 0.6 is 11.8 Å². The second kappa shape index (κ2) is 10.8. The number of nitrogens with zero attached hydrogens (tertiary/aromatic N) is 2. The Balaban J connectivity index is 1.92. The summed E-state index contributed by atoms with van der Waals surface area (Å²) in [6, 6.07) is 7.92. The number of nitrogens with one attached hydrogen (secondary N) is 1. The fourth-order valence-electron chi connectivity index (χ4n) is 3.28.